The first-order valence-corrected chi connectivity index (χ1v) is 12.2. The summed E-state index contributed by atoms with van der Waals surface area (Å²) in [7, 11) is 1.98. The highest BCUT2D eigenvalue weighted by atomic mass is 16.4. The average Bonchev–Trinajstić information content (AvgIpc) is 3.19. The number of amides is 1. The molecule has 5 unspecified atom stereocenters. The third kappa shape index (κ3) is 2.41. The Bertz CT molecular complexity index is 869. The van der Waals surface area contributed by atoms with Gasteiger partial charge in [-0.15, -0.1) is 0 Å². The molecule has 1 amide bonds. The van der Waals surface area contributed by atoms with Crippen molar-refractivity contribution in [3.05, 3.63) is 0 Å². The van der Waals surface area contributed by atoms with Gasteiger partial charge in [-0.3, -0.25) is 14.5 Å². The molecule has 7 fully saturated rings. The van der Waals surface area contributed by atoms with E-state index in [4.69, 9.17) is 5.73 Å². The molecule has 2 heterocycles. The number of likely N-dealkylation sites (N-methyl/N-ethyl adjacent to an activating group) is 1. The summed E-state index contributed by atoms with van der Waals surface area (Å²) >= 11 is 0. The second-order valence-electron chi connectivity index (χ2n) is 12.0. The van der Waals surface area contributed by atoms with E-state index in [1.807, 2.05) is 11.9 Å². The molecular formula is C24H34N4O3. The molecule has 0 aromatic carbocycles. The van der Waals surface area contributed by atoms with Gasteiger partial charge in [0.05, 0.1) is 12.1 Å². The standard InChI is InChI=1S/C24H34N4O3/c1-27-4-2-3-24(27,21(30)31)23-10-14-5-15(11-23)9-22(8-14,13-23)19(26)20(29)28-17(12-25)6-16-7-18(16)28/h14-19H,2-11,13,26H2,1H3,(H,30,31)/t14-,15?,16?,17-,18?,19+,22?,23?,24+/m0/s1. The van der Waals surface area contributed by atoms with Gasteiger partial charge in [0.2, 0.25) is 5.91 Å². The van der Waals surface area contributed by atoms with Crippen molar-refractivity contribution in [1.82, 2.24) is 9.80 Å². The molecule has 0 radical (unpaired) electrons. The summed E-state index contributed by atoms with van der Waals surface area (Å²) in [5.74, 6) is 0.673. The quantitative estimate of drug-likeness (QED) is 0.711. The SMILES string of the molecule is CN1CCC[C@@]1(C(=O)O)C12CC3C[C@@H](CC([C@H](N)C(=O)N4C5CC5C[C@H]4C#N)(C3)C1)C2. The molecule has 3 N–H and O–H groups in total. The van der Waals surface area contributed by atoms with Crippen LogP contribution in [0.15, 0.2) is 0 Å². The molecule has 2 aliphatic heterocycles. The molecule has 7 heteroatoms. The van der Waals surface area contributed by atoms with Gasteiger partial charge in [-0.25, -0.2) is 0 Å². The fourth-order valence-corrected chi connectivity index (χ4v) is 9.61. The third-order valence-corrected chi connectivity index (χ3v) is 10.5. The van der Waals surface area contributed by atoms with Gasteiger partial charge in [0.15, 0.2) is 0 Å². The molecule has 7 aliphatic rings. The van der Waals surface area contributed by atoms with Crippen LogP contribution in [0.25, 0.3) is 0 Å². The Balaban J connectivity index is 1.36. The zero-order chi connectivity index (χ0) is 21.8. The van der Waals surface area contributed by atoms with Crippen LogP contribution >= 0.6 is 0 Å². The van der Waals surface area contributed by atoms with E-state index in [0.29, 0.717) is 24.2 Å². The molecule has 5 saturated carbocycles. The Morgan fingerprint density at radius 1 is 1.16 bits per heavy atom. The summed E-state index contributed by atoms with van der Waals surface area (Å²) in [5, 5.41) is 20.1. The van der Waals surface area contributed by atoms with E-state index < -0.39 is 17.6 Å². The molecule has 0 aromatic rings. The monoisotopic (exact) mass is 426 g/mol. The van der Waals surface area contributed by atoms with Crippen LogP contribution in [0.5, 0.6) is 0 Å². The smallest absolute Gasteiger partial charge is 0.324 e. The number of piperidine rings is 1. The highest BCUT2D eigenvalue weighted by molar-refractivity contribution is 5.85. The first-order chi connectivity index (χ1) is 14.8. The number of carboxylic acid groups (broad SMARTS) is 1. The number of carboxylic acids is 1. The van der Waals surface area contributed by atoms with Gasteiger partial charge in [-0.1, -0.05) is 0 Å². The number of nitrogens with two attached hydrogens (primary N) is 1. The number of likely N-dealkylation sites (tertiary alicyclic amines) is 2. The lowest BCUT2D eigenvalue weighted by molar-refractivity contribution is -0.197. The number of fused-ring (bicyclic) bond motifs is 1. The van der Waals surface area contributed by atoms with Gasteiger partial charge < -0.3 is 15.7 Å². The molecule has 5 aliphatic carbocycles. The highest BCUT2D eigenvalue weighted by Crippen LogP contribution is 2.71. The molecule has 9 atom stereocenters. The molecule has 0 spiro atoms. The normalized spacial score (nSPS) is 50.9. The second kappa shape index (κ2) is 6.23. The van der Waals surface area contributed by atoms with Gasteiger partial charge >= 0.3 is 5.97 Å². The summed E-state index contributed by atoms with van der Waals surface area (Å²) in [6.07, 6.45) is 9.10. The van der Waals surface area contributed by atoms with E-state index in [1.165, 1.54) is 0 Å². The van der Waals surface area contributed by atoms with E-state index in [0.717, 1.165) is 64.3 Å². The third-order valence-electron chi connectivity index (χ3n) is 10.5. The van der Waals surface area contributed by atoms with Crippen molar-refractivity contribution in [1.29, 1.82) is 5.26 Å². The van der Waals surface area contributed by atoms with Crippen LogP contribution in [0.1, 0.15) is 64.2 Å². The topological polar surface area (TPSA) is 111 Å². The highest BCUT2D eigenvalue weighted by Gasteiger charge is 2.71. The van der Waals surface area contributed by atoms with Crippen molar-refractivity contribution in [2.24, 2.45) is 34.3 Å². The van der Waals surface area contributed by atoms with Crippen LogP contribution in [-0.4, -0.2) is 64.0 Å². The number of nitriles is 1. The van der Waals surface area contributed by atoms with Crippen LogP contribution in [0.4, 0.5) is 0 Å². The van der Waals surface area contributed by atoms with Crippen LogP contribution in [0, 0.1) is 39.9 Å². The van der Waals surface area contributed by atoms with Crippen molar-refractivity contribution < 1.29 is 14.7 Å². The van der Waals surface area contributed by atoms with Crippen LogP contribution in [0.2, 0.25) is 0 Å². The molecule has 4 bridgehead atoms. The molecule has 7 rings (SSSR count). The molecular weight excluding hydrogens is 392 g/mol. The van der Waals surface area contributed by atoms with Crippen molar-refractivity contribution in [2.75, 3.05) is 13.6 Å². The van der Waals surface area contributed by atoms with E-state index in [1.54, 1.807) is 0 Å². The van der Waals surface area contributed by atoms with Crippen LogP contribution < -0.4 is 5.73 Å². The average molecular weight is 427 g/mol. The number of hydrogen-bond acceptors (Lipinski definition) is 5. The first-order valence-electron chi connectivity index (χ1n) is 12.2. The lowest BCUT2D eigenvalue weighted by Crippen LogP contribution is -2.71. The maximum atomic E-state index is 13.7. The summed E-state index contributed by atoms with van der Waals surface area (Å²) in [6.45, 7) is 0.821. The lowest BCUT2D eigenvalue weighted by Gasteiger charge is -2.67. The zero-order valence-corrected chi connectivity index (χ0v) is 18.4. The van der Waals surface area contributed by atoms with E-state index in [2.05, 4.69) is 11.0 Å². The fourth-order valence-electron chi connectivity index (χ4n) is 9.61. The van der Waals surface area contributed by atoms with E-state index >= 15 is 0 Å². The number of hydrogen-bond donors (Lipinski definition) is 2. The maximum absolute atomic E-state index is 13.7. The minimum atomic E-state index is -0.830. The van der Waals surface area contributed by atoms with Gasteiger partial charge in [-0.05, 0) is 101 Å². The Kier molecular flexibility index (Phi) is 4.02. The molecule has 2 saturated heterocycles. The number of rotatable bonds is 4. The van der Waals surface area contributed by atoms with Crippen molar-refractivity contribution in [3.8, 4) is 6.07 Å². The number of carbonyl (C=O) groups is 2. The van der Waals surface area contributed by atoms with Crippen molar-refractivity contribution in [2.45, 2.75) is 87.9 Å². The number of carbonyl (C=O) groups excluding carboxylic acids is 1. The van der Waals surface area contributed by atoms with Gasteiger partial charge in [0.1, 0.15) is 11.6 Å². The van der Waals surface area contributed by atoms with E-state index in [9.17, 15) is 20.0 Å². The predicted octanol–water partition coefficient (Wildman–Crippen LogP) is 1.96. The zero-order valence-electron chi connectivity index (χ0n) is 18.4. The van der Waals surface area contributed by atoms with Crippen molar-refractivity contribution in [3.63, 3.8) is 0 Å². The van der Waals surface area contributed by atoms with Gasteiger partial charge in [0, 0.05) is 11.5 Å². The summed E-state index contributed by atoms with van der Waals surface area (Å²) in [4.78, 5) is 30.4. The van der Waals surface area contributed by atoms with Gasteiger partial charge in [0.25, 0.3) is 0 Å². The van der Waals surface area contributed by atoms with Gasteiger partial charge in [-0.2, -0.15) is 5.26 Å². The maximum Gasteiger partial charge on any atom is 0.324 e. The molecule has 0 aromatic heterocycles. The Hall–Kier alpha value is -1.65. The molecule has 31 heavy (non-hydrogen) atoms. The Morgan fingerprint density at radius 2 is 1.87 bits per heavy atom. The minimum absolute atomic E-state index is 0.0437. The molecule has 168 valence electrons. The lowest BCUT2D eigenvalue weighted by atomic mass is 9.38. The largest absolute Gasteiger partial charge is 0.480 e. The minimum Gasteiger partial charge on any atom is -0.480 e. The van der Waals surface area contributed by atoms with Crippen LogP contribution in [-0.2, 0) is 9.59 Å². The Morgan fingerprint density at radius 3 is 2.45 bits per heavy atom. The summed E-state index contributed by atoms with van der Waals surface area (Å²) in [6, 6.07) is 1.58. The van der Waals surface area contributed by atoms with E-state index in [-0.39, 0.29) is 28.8 Å². The predicted molar refractivity (Wildman–Crippen MR) is 113 cm³/mol. The second-order valence-corrected chi connectivity index (χ2v) is 12.0. The summed E-state index contributed by atoms with van der Waals surface area (Å²) in [5.41, 5.74) is 5.40. The first kappa shape index (κ1) is 20.0. The summed E-state index contributed by atoms with van der Waals surface area (Å²) < 4.78 is 0. The number of aliphatic carboxylic acids is 1. The van der Waals surface area contributed by atoms with Crippen LogP contribution in [0.3, 0.4) is 0 Å². The Labute approximate surface area is 183 Å². The van der Waals surface area contributed by atoms with Crippen molar-refractivity contribution >= 4 is 11.9 Å². The molecule has 7 nitrogen and oxygen atoms in total. The fraction of sp³-hybridized carbons (Fsp3) is 0.875. The number of nitrogens with zero attached hydrogens (tertiary/aromatic N) is 3.